The van der Waals surface area contributed by atoms with Crippen LogP contribution < -0.4 is 5.56 Å². The molecule has 0 fully saturated rings. The van der Waals surface area contributed by atoms with Crippen LogP contribution in [0.15, 0.2) is 41.3 Å². The molecule has 0 aliphatic rings. The van der Waals surface area contributed by atoms with Crippen LogP contribution in [0.4, 0.5) is 0 Å². The summed E-state index contributed by atoms with van der Waals surface area (Å²) in [6, 6.07) is 8.84. The zero-order valence-electron chi connectivity index (χ0n) is 8.14. The van der Waals surface area contributed by atoms with Crippen LogP contribution in [0.3, 0.4) is 0 Å². The van der Waals surface area contributed by atoms with E-state index in [-0.39, 0.29) is 5.56 Å². The van der Waals surface area contributed by atoms with Crippen molar-refractivity contribution in [1.29, 1.82) is 0 Å². The Morgan fingerprint density at radius 3 is 2.47 bits per heavy atom. The van der Waals surface area contributed by atoms with Crippen molar-refractivity contribution in [2.24, 2.45) is 7.05 Å². The highest BCUT2D eigenvalue weighted by molar-refractivity contribution is 6.30. The van der Waals surface area contributed by atoms with Crippen molar-refractivity contribution in [3.63, 3.8) is 0 Å². The minimum atomic E-state index is -0.123. The number of benzene rings is 1. The number of hydrogen-bond acceptors (Lipinski definition) is 2. The van der Waals surface area contributed by atoms with E-state index in [1.165, 1.54) is 4.68 Å². The Kier molecular flexibility index (Phi) is 2.56. The van der Waals surface area contributed by atoms with Gasteiger partial charge in [0.05, 0.1) is 6.20 Å². The van der Waals surface area contributed by atoms with Crippen LogP contribution >= 0.6 is 11.6 Å². The molecule has 0 atom stereocenters. The molecule has 0 aliphatic heterocycles. The van der Waals surface area contributed by atoms with Crippen molar-refractivity contribution in [3.05, 3.63) is 51.9 Å². The van der Waals surface area contributed by atoms with Crippen LogP contribution in [0.2, 0.25) is 5.02 Å². The molecular formula is C11H9ClN2O. The van der Waals surface area contributed by atoms with Crippen molar-refractivity contribution in [3.8, 4) is 11.1 Å². The highest BCUT2D eigenvalue weighted by Gasteiger charge is 1.99. The lowest BCUT2D eigenvalue weighted by atomic mass is 10.1. The summed E-state index contributed by atoms with van der Waals surface area (Å²) in [4.78, 5) is 11.4. The summed E-state index contributed by atoms with van der Waals surface area (Å²) in [5.41, 5.74) is 1.61. The monoisotopic (exact) mass is 220 g/mol. The van der Waals surface area contributed by atoms with Gasteiger partial charge in [0, 0.05) is 23.7 Å². The third-order valence-corrected chi connectivity index (χ3v) is 2.40. The molecule has 3 nitrogen and oxygen atoms in total. The van der Waals surface area contributed by atoms with E-state index < -0.39 is 0 Å². The third kappa shape index (κ3) is 2.07. The van der Waals surface area contributed by atoms with Crippen LogP contribution in [-0.4, -0.2) is 9.78 Å². The van der Waals surface area contributed by atoms with E-state index in [0.29, 0.717) is 5.02 Å². The first-order valence-electron chi connectivity index (χ1n) is 4.46. The molecule has 2 rings (SSSR count). The molecule has 0 saturated carbocycles. The van der Waals surface area contributed by atoms with Crippen molar-refractivity contribution in [2.45, 2.75) is 0 Å². The molecule has 2 aromatic rings. The summed E-state index contributed by atoms with van der Waals surface area (Å²) in [7, 11) is 1.62. The van der Waals surface area contributed by atoms with Gasteiger partial charge in [0.2, 0.25) is 0 Å². The average Bonchev–Trinajstić information content (AvgIpc) is 2.23. The van der Waals surface area contributed by atoms with Gasteiger partial charge in [-0.1, -0.05) is 23.7 Å². The maximum atomic E-state index is 11.4. The molecule has 0 spiro atoms. The van der Waals surface area contributed by atoms with Crippen LogP contribution in [0.25, 0.3) is 11.1 Å². The number of halogens is 1. The van der Waals surface area contributed by atoms with Gasteiger partial charge in [0.1, 0.15) is 0 Å². The summed E-state index contributed by atoms with van der Waals surface area (Å²) in [5, 5.41) is 4.63. The van der Waals surface area contributed by atoms with Crippen LogP contribution in [0, 0.1) is 0 Å². The van der Waals surface area contributed by atoms with E-state index >= 15 is 0 Å². The summed E-state index contributed by atoms with van der Waals surface area (Å²) < 4.78 is 1.29. The Labute approximate surface area is 91.9 Å². The Morgan fingerprint density at radius 1 is 1.20 bits per heavy atom. The smallest absolute Gasteiger partial charge is 0.267 e. The Bertz CT molecular complexity index is 531. The quantitative estimate of drug-likeness (QED) is 0.738. The predicted molar refractivity (Wildman–Crippen MR) is 59.9 cm³/mol. The Balaban J connectivity index is 2.50. The second kappa shape index (κ2) is 3.87. The van der Waals surface area contributed by atoms with Gasteiger partial charge in [-0.3, -0.25) is 4.79 Å². The number of aromatic nitrogens is 2. The second-order valence-electron chi connectivity index (χ2n) is 3.21. The number of rotatable bonds is 1. The molecule has 0 N–H and O–H groups in total. The molecule has 0 unspecified atom stereocenters. The van der Waals surface area contributed by atoms with Crippen molar-refractivity contribution >= 4 is 11.6 Å². The molecule has 1 heterocycles. The normalized spacial score (nSPS) is 10.3. The van der Waals surface area contributed by atoms with E-state index in [4.69, 9.17) is 11.6 Å². The number of aryl methyl sites for hydroxylation is 1. The zero-order valence-corrected chi connectivity index (χ0v) is 8.90. The summed E-state index contributed by atoms with van der Waals surface area (Å²) in [6.45, 7) is 0. The molecule has 1 aromatic carbocycles. The maximum absolute atomic E-state index is 11.4. The minimum Gasteiger partial charge on any atom is -0.268 e. The van der Waals surface area contributed by atoms with Crippen LogP contribution in [0.5, 0.6) is 0 Å². The zero-order chi connectivity index (χ0) is 10.8. The molecule has 0 amide bonds. The fourth-order valence-electron chi connectivity index (χ4n) is 1.27. The van der Waals surface area contributed by atoms with Crippen molar-refractivity contribution in [2.75, 3.05) is 0 Å². The van der Waals surface area contributed by atoms with Crippen LogP contribution in [0.1, 0.15) is 0 Å². The Morgan fingerprint density at radius 2 is 1.87 bits per heavy atom. The minimum absolute atomic E-state index is 0.123. The SMILES string of the molecule is Cn1ncc(-c2ccc(Cl)cc2)cc1=O. The van der Waals surface area contributed by atoms with Gasteiger partial charge in [-0.2, -0.15) is 5.10 Å². The summed E-state index contributed by atoms with van der Waals surface area (Å²) in [6.07, 6.45) is 1.66. The van der Waals surface area contributed by atoms with E-state index in [1.807, 2.05) is 12.1 Å². The van der Waals surface area contributed by atoms with E-state index in [0.717, 1.165) is 11.1 Å². The first-order valence-corrected chi connectivity index (χ1v) is 4.84. The van der Waals surface area contributed by atoms with E-state index in [1.54, 1.807) is 31.4 Å². The van der Waals surface area contributed by atoms with Gasteiger partial charge in [-0.05, 0) is 17.7 Å². The third-order valence-electron chi connectivity index (χ3n) is 2.15. The predicted octanol–water partition coefficient (Wildman–Crippen LogP) is 2.10. The molecule has 0 aliphatic carbocycles. The van der Waals surface area contributed by atoms with Gasteiger partial charge in [0.25, 0.3) is 5.56 Å². The standard InChI is InChI=1S/C11H9ClN2O/c1-14-11(15)6-9(7-13-14)8-2-4-10(12)5-3-8/h2-7H,1H3. The van der Waals surface area contributed by atoms with Gasteiger partial charge < -0.3 is 0 Å². The van der Waals surface area contributed by atoms with Crippen molar-refractivity contribution in [1.82, 2.24) is 9.78 Å². The first-order chi connectivity index (χ1) is 7.16. The molecule has 4 heteroatoms. The van der Waals surface area contributed by atoms with Crippen molar-refractivity contribution < 1.29 is 0 Å². The number of nitrogens with zero attached hydrogens (tertiary/aromatic N) is 2. The molecule has 0 bridgehead atoms. The fourth-order valence-corrected chi connectivity index (χ4v) is 1.40. The van der Waals surface area contributed by atoms with Gasteiger partial charge >= 0.3 is 0 Å². The first kappa shape index (κ1) is 9.93. The maximum Gasteiger partial charge on any atom is 0.267 e. The molecular weight excluding hydrogens is 212 g/mol. The Hall–Kier alpha value is -1.61. The summed E-state index contributed by atoms with van der Waals surface area (Å²) >= 11 is 5.77. The molecule has 76 valence electrons. The highest BCUT2D eigenvalue weighted by Crippen LogP contribution is 2.18. The van der Waals surface area contributed by atoms with Crippen LogP contribution in [-0.2, 0) is 7.05 Å². The number of hydrogen-bond donors (Lipinski definition) is 0. The highest BCUT2D eigenvalue weighted by atomic mass is 35.5. The van der Waals surface area contributed by atoms with Gasteiger partial charge in [-0.25, -0.2) is 4.68 Å². The average molecular weight is 221 g/mol. The lowest BCUT2D eigenvalue weighted by Crippen LogP contribution is -2.17. The van der Waals surface area contributed by atoms with E-state index in [2.05, 4.69) is 5.10 Å². The van der Waals surface area contributed by atoms with E-state index in [9.17, 15) is 4.79 Å². The molecule has 0 saturated heterocycles. The lowest BCUT2D eigenvalue weighted by molar-refractivity contribution is 0.708. The fraction of sp³-hybridized carbons (Fsp3) is 0.0909. The molecule has 0 radical (unpaired) electrons. The van der Waals surface area contributed by atoms with Gasteiger partial charge in [0.15, 0.2) is 0 Å². The second-order valence-corrected chi connectivity index (χ2v) is 3.65. The van der Waals surface area contributed by atoms with Gasteiger partial charge in [-0.15, -0.1) is 0 Å². The molecule has 1 aromatic heterocycles. The lowest BCUT2D eigenvalue weighted by Gasteiger charge is -2.01. The summed E-state index contributed by atoms with van der Waals surface area (Å²) in [5.74, 6) is 0. The topological polar surface area (TPSA) is 34.9 Å². The molecule has 15 heavy (non-hydrogen) atoms. The largest absolute Gasteiger partial charge is 0.268 e.